The van der Waals surface area contributed by atoms with Gasteiger partial charge < -0.3 is 4.74 Å². The van der Waals surface area contributed by atoms with E-state index in [-0.39, 0.29) is 0 Å². The van der Waals surface area contributed by atoms with Crippen LogP contribution in [0.5, 0.6) is 0 Å². The van der Waals surface area contributed by atoms with Gasteiger partial charge in [0.05, 0.1) is 11.9 Å². The lowest BCUT2D eigenvalue weighted by Crippen LogP contribution is -1.96. The first kappa shape index (κ1) is 6.66. The number of ether oxygens (including phenoxy) is 1. The Labute approximate surface area is 56.7 Å². The number of hydrogen-bond donors (Lipinski definition) is 0. The second-order valence-electron chi connectivity index (χ2n) is 2.65. The van der Waals surface area contributed by atoms with Gasteiger partial charge in [0.15, 0.2) is 0 Å². The Morgan fingerprint density at radius 2 is 2.33 bits per heavy atom. The third-order valence-corrected chi connectivity index (χ3v) is 1.84. The molecule has 0 aromatic heterocycles. The van der Waals surface area contributed by atoms with Gasteiger partial charge in [0, 0.05) is 6.42 Å². The molecule has 1 atom stereocenters. The monoisotopic (exact) mass is 126 g/mol. The van der Waals surface area contributed by atoms with Crippen LogP contribution in [0.25, 0.3) is 0 Å². The van der Waals surface area contributed by atoms with Crippen LogP contribution in [0.2, 0.25) is 0 Å². The molecule has 9 heavy (non-hydrogen) atoms. The van der Waals surface area contributed by atoms with E-state index in [1.165, 1.54) is 5.57 Å². The minimum Gasteiger partial charge on any atom is -0.495 e. The highest BCUT2D eigenvalue weighted by atomic mass is 16.5. The molecule has 1 rings (SSSR count). The summed E-state index contributed by atoms with van der Waals surface area (Å²) in [4.78, 5) is 0. The maximum atomic E-state index is 5.44. The molecule has 0 radical (unpaired) electrons. The number of hydrogen-bond acceptors (Lipinski definition) is 1. The van der Waals surface area contributed by atoms with Gasteiger partial charge in [-0.25, -0.2) is 0 Å². The molecule has 1 unspecified atom stereocenters. The molecule has 1 aliphatic rings. The van der Waals surface area contributed by atoms with E-state index < -0.39 is 0 Å². The fourth-order valence-corrected chi connectivity index (χ4v) is 1.31. The van der Waals surface area contributed by atoms with E-state index in [0.717, 1.165) is 18.6 Å². The summed E-state index contributed by atoms with van der Waals surface area (Å²) in [5.41, 5.74) is 1.49. The minimum absolute atomic E-state index is 0.431. The third-order valence-electron chi connectivity index (χ3n) is 1.84. The molecular formula is C8H14O. The number of allylic oxidation sites excluding steroid dienone is 1. The van der Waals surface area contributed by atoms with Crippen LogP contribution >= 0.6 is 0 Å². The van der Waals surface area contributed by atoms with Crippen LogP contribution in [0, 0.1) is 0 Å². The Morgan fingerprint density at radius 1 is 1.67 bits per heavy atom. The van der Waals surface area contributed by atoms with Crippen LogP contribution in [0.1, 0.15) is 33.6 Å². The molecule has 0 bridgehead atoms. The first-order valence-corrected chi connectivity index (χ1v) is 3.59. The number of rotatable bonds is 1. The van der Waals surface area contributed by atoms with Gasteiger partial charge in [-0.1, -0.05) is 6.92 Å². The fraction of sp³-hybridized carbons (Fsp3) is 0.750. The second kappa shape index (κ2) is 2.42. The molecule has 0 amide bonds. The summed E-state index contributed by atoms with van der Waals surface area (Å²) in [6.45, 7) is 6.36. The summed E-state index contributed by atoms with van der Waals surface area (Å²) in [7, 11) is 0. The molecule has 0 aliphatic carbocycles. The van der Waals surface area contributed by atoms with E-state index in [9.17, 15) is 0 Å². The molecule has 1 heteroatoms. The van der Waals surface area contributed by atoms with E-state index in [0.29, 0.717) is 6.10 Å². The predicted octanol–water partition coefficient (Wildman–Crippen LogP) is 2.48. The summed E-state index contributed by atoms with van der Waals surface area (Å²) < 4.78 is 5.44. The molecule has 0 N–H and O–H groups in total. The second-order valence-corrected chi connectivity index (χ2v) is 2.65. The van der Waals surface area contributed by atoms with Crippen LogP contribution in [-0.2, 0) is 4.74 Å². The molecule has 1 nitrogen and oxygen atoms in total. The summed E-state index contributed by atoms with van der Waals surface area (Å²) >= 11 is 0. The first-order chi connectivity index (χ1) is 4.24. The largest absolute Gasteiger partial charge is 0.495 e. The highest BCUT2D eigenvalue weighted by Crippen LogP contribution is 2.25. The zero-order valence-corrected chi connectivity index (χ0v) is 6.40. The van der Waals surface area contributed by atoms with Gasteiger partial charge >= 0.3 is 0 Å². The van der Waals surface area contributed by atoms with Crippen LogP contribution in [0.4, 0.5) is 0 Å². The smallest absolute Gasteiger partial charge is 0.0992 e. The van der Waals surface area contributed by atoms with Gasteiger partial charge in [-0.2, -0.15) is 0 Å². The quantitative estimate of drug-likeness (QED) is 0.524. The Kier molecular flexibility index (Phi) is 1.79. The van der Waals surface area contributed by atoms with Crippen LogP contribution in [-0.4, -0.2) is 6.10 Å². The van der Waals surface area contributed by atoms with Crippen LogP contribution in [0.3, 0.4) is 0 Å². The Hall–Kier alpha value is -0.460. The Bertz CT molecular complexity index is 136. The molecule has 1 aliphatic heterocycles. The van der Waals surface area contributed by atoms with Crippen molar-refractivity contribution < 1.29 is 4.74 Å². The maximum absolute atomic E-state index is 5.44. The average molecular weight is 126 g/mol. The molecule has 0 aromatic carbocycles. The van der Waals surface area contributed by atoms with Crippen molar-refractivity contribution in [3.63, 3.8) is 0 Å². The topological polar surface area (TPSA) is 9.23 Å². The lowest BCUT2D eigenvalue weighted by atomic mass is 10.1. The van der Waals surface area contributed by atoms with Crippen molar-refractivity contribution >= 4 is 0 Å². The van der Waals surface area contributed by atoms with Gasteiger partial charge in [0.1, 0.15) is 0 Å². The van der Waals surface area contributed by atoms with Gasteiger partial charge in [-0.05, 0) is 25.8 Å². The maximum Gasteiger partial charge on any atom is 0.0992 e. The normalized spacial score (nSPS) is 26.8. The van der Waals surface area contributed by atoms with E-state index in [2.05, 4.69) is 20.8 Å². The summed E-state index contributed by atoms with van der Waals surface area (Å²) in [6, 6.07) is 0. The van der Waals surface area contributed by atoms with Crippen molar-refractivity contribution in [3.8, 4) is 0 Å². The van der Waals surface area contributed by atoms with Crippen molar-refractivity contribution in [3.05, 3.63) is 11.3 Å². The predicted molar refractivity (Wildman–Crippen MR) is 38.2 cm³/mol. The van der Waals surface area contributed by atoms with Crippen LogP contribution < -0.4 is 0 Å². The summed E-state index contributed by atoms with van der Waals surface area (Å²) in [6.07, 6.45) is 2.72. The van der Waals surface area contributed by atoms with Crippen LogP contribution in [0.15, 0.2) is 11.3 Å². The minimum atomic E-state index is 0.431. The van der Waals surface area contributed by atoms with Crippen molar-refractivity contribution in [2.24, 2.45) is 0 Å². The van der Waals surface area contributed by atoms with Crippen molar-refractivity contribution in [2.75, 3.05) is 0 Å². The van der Waals surface area contributed by atoms with Crippen molar-refractivity contribution in [1.29, 1.82) is 0 Å². The van der Waals surface area contributed by atoms with Crippen molar-refractivity contribution in [1.82, 2.24) is 0 Å². The highest BCUT2D eigenvalue weighted by Gasteiger charge is 2.16. The van der Waals surface area contributed by atoms with Crippen molar-refractivity contribution in [2.45, 2.75) is 39.7 Å². The van der Waals surface area contributed by atoms with Gasteiger partial charge in [0.25, 0.3) is 0 Å². The van der Waals surface area contributed by atoms with E-state index in [1.54, 1.807) is 0 Å². The van der Waals surface area contributed by atoms with Gasteiger partial charge in [-0.15, -0.1) is 0 Å². The zero-order chi connectivity index (χ0) is 6.85. The van der Waals surface area contributed by atoms with Gasteiger partial charge in [-0.3, -0.25) is 0 Å². The zero-order valence-electron chi connectivity index (χ0n) is 6.40. The standard InChI is InChI=1S/C8H14O/c1-4-8-5-6(2)9-7(8)3/h6H,4-5H2,1-3H3. The van der Waals surface area contributed by atoms with E-state index in [1.807, 2.05) is 0 Å². The third kappa shape index (κ3) is 1.26. The van der Waals surface area contributed by atoms with E-state index in [4.69, 9.17) is 4.74 Å². The molecule has 0 saturated heterocycles. The lowest BCUT2D eigenvalue weighted by Gasteiger charge is -2.01. The van der Waals surface area contributed by atoms with E-state index >= 15 is 0 Å². The molecule has 0 saturated carbocycles. The summed E-state index contributed by atoms with van der Waals surface area (Å²) in [5, 5.41) is 0. The molecule has 0 fully saturated rings. The molecule has 1 heterocycles. The highest BCUT2D eigenvalue weighted by molar-refractivity contribution is 5.11. The first-order valence-electron chi connectivity index (χ1n) is 3.59. The fourth-order valence-electron chi connectivity index (χ4n) is 1.31. The molecule has 0 spiro atoms. The summed E-state index contributed by atoms with van der Waals surface area (Å²) in [5.74, 6) is 1.16. The SMILES string of the molecule is CCC1=C(C)OC(C)C1. The van der Waals surface area contributed by atoms with Gasteiger partial charge in [0.2, 0.25) is 0 Å². The lowest BCUT2D eigenvalue weighted by molar-refractivity contribution is 0.161. The average Bonchev–Trinajstić information content (AvgIpc) is 2.10. The molecule has 0 aromatic rings. The molecule has 52 valence electrons. The Morgan fingerprint density at radius 3 is 2.56 bits per heavy atom. The molecular weight excluding hydrogens is 112 g/mol. The Balaban J connectivity index is 2.58.